The lowest BCUT2D eigenvalue weighted by Crippen LogP contribution is -2.17. The quantitative estimate of drug-likeness (QED) is 0.697. The van der Waals surface area contributed by atoms with Crippen LogP contribution < -0.4 is 11.1 Å². The van der Waals surface area contributed by atoms with Gasteiger partial charge in [-0.15, -0.1) is 0 Å². The average molecular weight is 223 g/mol. The standard InChI is InChI=1S/C11H11ClN2O/c1-14-11(15)9-5-4-8(3-2-6-13)10(12)7-9/h4-5,7H,6,13H2,1H3,(H,14,15). The van der Waals surface area contributed by atoms with Crippen LogP contribution >= 0.6 is 11.6 Å². The molecule has 0 radical (unpaired) electrons. The van der Waals surface area contributed by atoms with Crippen molar-refractivity contribution >= 4 is 17.5 Å². The molecule has 0 unspecified atom stereocenters. The third-order valence-corrected chi connectivity index (χ3v) is 2.10. The van der Waals surface area contributed by atoms with Gasteiger partial charge in [0.15, 0.2) is 0 Å². The third kappa shape index (κ3) is 2.98. The predicted octanol–water partition coefficient (Wildman–Crippen LogP) is 1.01. The van der Waals surface area contributed by atoms with Gasteiger partial charge in [-0.1, -0.05) is 23.4 Å². The molecule has 3 nitrogen and oxygen atoms in total. The molecular formula is C11H11ClN2O. The summed E-state index contributed by atoms with van der Waals surface area (Å²) in [4.78, 5) is 11.3. The summed E-state index contributed by atoms with van der Waals surface area (Å²) in [5.41, 5.74) is 6.44. The molecule has 0 saturated heterocycles. The van der Waals surface area contributed by atoms with Crippen LogP contribution in [-0.2, 0) is 0 Å². The van der Waals surface area contributed by atoms with E-state index in [2.05, 4.69) is 17.2 Å². The van der Waals surface area contributed by atoms with E-state index in [0.717, 1.165) is 0 Å². The smallest absolute Gasteiger partial charge is 0.251 e. The molecule has 0 bridgehead atoms. The van der Waals surface area contributed by atoms with Crippen LogP contribution in [0.3, 0.4) is 0 Å². The summed E-state index contributed by atoms with van der Waals surface area (Å²) in [7, 11) is 1.57. The first-order valence-electron chi connectivity index (χ1n) is 4.39. The number of rotatable bonds is 1. The largest absolute Gasteiger partial charge is 0.355 e. The highest BCUT2D eigenvalue weighted by atomic mass is 35.5. The molecule has 0 heterocycles. The minimum atomic E-state index is -0.171. The molecule has 3 N–H and O–H groups in total. The van der Waals surface area contributed by atoms with Crippen LogP contribution in [0.5, 0.6) is 0 Å². The zero-order chi connectivity index (χ0) is 11.3. The van der Waals surface area contributed by atoms with Gasteiger partial charge in [0.05, 0.1) is 11.6 Å². The zero-order valence-corrected chi connectivity index (χ0v) is 9.06. The molecule has 1 rings (SSSR count). The molecule has 15 heavy (non-hydrogen) atoms. The van der Waals surface area contributed by atoms with Gasteiger partial charge in [0, 0.05) is 18.2 Å². The summed E-state index contributed by atoms with van der Waals surface area (Å²) in [6.45, 7) is 0.285. The number of hydrogen-bond donors (Lipinski definition) is 2. The van der Waals surface area contributed by atoms with Crippen molar-refractivity contribution < 1.29 is 4.79 Å². The summed E-state index contributed by atoms with van der Waals surface area (Å²) in [6.07, 6.45) is 0. The van der Waals surface area contributed by atoms with Crippen molar-refractivity contribution in [2.24, 2.45) is 5.73 Å². The number of nitrogens with two attached hydrogens (primary N) is 1. The highest BCUT2D eigenvalue weighted by Gasteiger charge is 2.05. The Morgan fingerprint density at radius 2 is 2.33 bits per heavy atom. The van der Waals surface area contributed by atoms with E-state index in [1.54, 1.807) is 25.2 Å². The lowest BCUT2D eigenvalue weighted by Gasteiger charge is -2.01. The van der Waals surface area contributed by atoms with E-state index in [1.807, 2.05) is 0 Å². The first-order chi connectivity index (χ1) is 7.19. The number of nitrogens with one attached hydrogen (secondary N) is 1. The van der Waals surface area contributed by atoms with E-state index >= 15 is 0 Å². The van der Waals surface area contributed by atoms with Crippen molar-refractivity contribution in [2.75, 3.05) is 13.6 Å². The van der Waals surface area contributed by atoms with Gasteiger partial charge in [0.2, 0.25) is 0 Å². The molecule has 0 fully saturated rings. The van der Waals surface area contributed by atoms with Gasteiger partial charge in [-0.25, -0.2) is 0 Å². The van der Waals surface area contributed by atoms with Crippen LogP contribution in [0.15, 0.2) is 18.2 Å². The van der Waals surface area contributed by atoms with Crippen LogP contribution in [0.2, 0.25) is 5.02 Å². The van der Waals surface area contributed by atoms with Crippen molar-refractivity contribution in [3.8, 4) is 11.8 Å². The maximum Gasteiger partial charge on any atom is 0.251 e. The summed E-state index contributed by atoms with van der Waals surface area (Å²) in [6, 6.07) is 4.96. The number of benzene rings is 1. The van der Waals surface area contributed by atoms with E-state index in [9.17, 15) is 4.79 Å². The van der Waals surface area contributed by atoms with Gasteiger partial charge in [0.25, 0.3) is 5.91 Å². The maximum atomic E-state index is 11.3. The Morgan fingerprint density at radius 1 is 1.60 bits per heavy atom. The van der Waals surface area contributed by atoms with E-state index in [-0.39, 0.29) is 12.5 Å². The molecule has 0 aromatic heterocycles. The van der Waals surface area contributed by atoms with Gasteiger partial charge in [0.1, 0.15) is 0 Å². The third-order valence-electron chi connectivity index (χ3n) is 1.78. The Balaban J connectivity index is 3.03. The van der Waals surface area contributed by atoms with Crippen LogP contribution in [0, 0.1) is 11.8 Å². The fourth-order valence-electron chi connectivity index (χ4n) is 1.05. The average Bonchev–Trinajstić information content (AvgIpc) is 2.26. The van der Waals surface area contributed by atoms with E-state index in [4.69, 9.17) is 17.3 Å². The minimum Gasteiger partial charge on any atom is -0.355 e. The van der Waals surface area contributed by atoms with Crippen molar-refractivity contribution in [1.82, 2.24) is 5.32 Å². The summed E-state index contributed by atoms with van der Waals surface area (Å²) in [5.74, 6) is 5.35. The Hall–Kier alpha value is -1.50. The fourth-order valence-corrected chi connectivity index (χ4v) is 1.28. The molecular weight excluding hydrogens is 212 g/mol. The van der Waals surface area contributed by atoms with E-state index < -0.39 is 0 Å². The maximum absolute atomic E-state index is 11.3. The summed E-state index contributed by atoms with van der Waals surface area (Å²) < 4.78 is 0. The van der Waals surface area contributed by atoms with Gasteiger partial charge in [-0.2, -0.15) is 0 Å². The predicted molar refractivity (Wildman–Crippen MR) is 60.8 cm³/mol. The minimum absolute atomic E-state index is 0.171. The molecule has 0 aliphatic heterocycles. The van der Waals surface area contributed by atoms with Crippen LogP contribution in [0.1, 0.15) is 15.9 Å². The second-order valence-electron chi connectivity index (χ2n) is 2.78. The van der Waals surface area contributed by atoms with Crippen LogP contribution in [-0.4, -0.2) is 19.5 Å². The molecule has 1 amide bonds. The Kier molecular flexibility index (Phi) is 4.17. The Bertz CT molecular complexity index is 432. The number of carbonyl (C=O) groups excluding carboxylic acids is 1. The van der Waals surface area contributed by atoms with Crippen LogP contribution in [0.25, 0.3) is 0 Å². The Morgan fingerprint density at radius 3 is 2.87 bits per heavy atom. The summed E-state index contributed by atoms with van der Waals surface area (Å²) in [5, 5.41) is 2.97. The van der Waals surface area contributed by atoms with Gasteiger partial charge >= 0.3 is 0 Å². The zero-order valence-electron chi connectivity index (χ0n) is 8.30. The Labute approximate surface area is 93.6 Å². The van der Waals surface area contributed by atoms with Gasteiger partial charge in [-0.05, 0) is 18.2 Å². The van der Waals surface area contributed by atoms with E-state index in [0.29, 0.717) is 16.1 Å². The highest BCUT2D eigenvalue weighted by Crippen LogP contribution is 2.16. The summed E-state index contributed by atoms with van der Waals surface area (Å²) >= 11 is 5.94. The molecule has 0 atom stereocenters. The van der Waals surface area contributed by atoms with Crippen molar-refractivity contribution in [3.63, 3.8) is 0 Å². The van der Waals surface area contributed by atoms with Crippen molar-refractivity contribution in [1.29, 1.82) is 0 Å². The van der Waals surface area contributed by atoms with Gasteiger partial charge < -0.3 is 11.1 Å². The number of carbonyl (C=O) groups is 1. The first-order valence-corrected chi connectivity index (χ1v) is 4.77. The lowest BCUT2D eigenvalue weighted by atomic mass is 10.1. The van der Waals surface area contributed by atoms with Crippen molar-refractivity contribution in [3.05, 3.63) is 34.3 Å². The molecule has 4 heteroatoms. The van der Waals surface area contributed by atoms with Crippen LogP contribution in [0.4, 0.5) is 0 Å². The molecule has 0 aliphatic rings. The lowest BCUT2D eigenvalue weighted by molar-refractivity contribution is 0.0963. The van der Waals surface area contributed by atoms with Gasteiger partial charge in [-0.3, -0.25) is 4.79 Å². The molecule has 1 aromatic carbocycles. The van der Waals surface area contributed by atoms with Crippen molar-refractivity contribution in [2.45, 2.75) is 0 Å². The normalized spacial score (nSPS) is 9.00. The first kappa shape index (κ1) is 11.6. The second-order valence-corrected chi connectivity index (χ2v) is 3.19. The highest BCUT2D eigenvalue weighted by molar-refractivity contribution is 6.32. The number of amides is 1. The number of halogens is 1. The molecule has 0 saturated carbocycles. The van der Waals surface area contributed by atoms with E-state index in [1.165, 1.54) is 0 Å². The molecule has 78 valence electrons. The fraction of sp³-hybridized carbons (Fsp3) is 0.182. The molecule has 0 aliphatic carbocycles. The SMILES string of the molecule is CNC(=O)c1ccc(C#CCN)c(Cl)c1. The second kappa shape index (κ2) is 5.40. The monoisotopic (exact) mass is 222 g/mol. The molecule has 0 spiro atoms. The molecule has 1 aromatic rings. The number of hydrogen-bond acceptors (Lipinski definition) is 2. The topological polar surface area (TPSA) is 55.1 Å².